The minimum atomic E-state index is -0.784. The number of hydrogen-bond donors (Lipinski definition) is 0. The van der Waals surface area contributed by atoms with Gasteiger partial charge in [0, 0.05) is 12.0 Å². The molecule has 1 atom stereocenters. The first-order chi connectivity index (χ1) is 6.64. The molecule has 0 aromatic heterocycles. The second kappa shape index (κ2) is 4.61. The highest BCUT2D eigenvalue weighted by Gasteiger charge is 2.39. The number of carbonyl (C=O) groups excluding carboxylic acids is 1. The van der Waals surface area contributed by atoms with Crippen molar-refractivity contribution in [3.05, 3.63) is 11.1 Å². The van der Waals surface area contributed by atoms with E-state index in [0.717, 1.165) is 18.4 Å². The van der Waals surface area contributed by atoms with E-state index in [-0.39, 0.29) is 5.78 Å². The number of ketones is 1. The standard InChI is InChI=1S/C11H14ClNO/c1-9(7-12)6-11(8-13)5-3-2-4-10(11)14/h7H,2-6H2,1H3/b9-7-. The Hall–Kier alpha value is -0.810. The Balaban J connectivity index is 2.85. The topological polar surface area (TPSA) is 40.9 Å². The van der Waals surface area contributed by atoms with Crippen LogP contribution in [0.4, 0.5) is 0 Å². The lowest BCUT2D eigenvalue weighted by Crippen LogP contribution is -2.33. The molecule has 0 aromatic rings. The molecule has 0 heterocycles. The molecule has 1 aliphatic carbocycles. The van der Waals surface area contributed by atoms with Crippen molar-refractivity contribution in [2.24, 2.45) is 5.41 Å². The molecular formula is C11H14ClNO. The highest BCUT2D eigenvalue weighted by atomic mass is 35.5. The maximum atomic E-state index is 11.7. The molecule has 0 radical (unpaired) electrons. The van der Waals surface area contributed by atoms with Gasteiger partial charge < -0.3 is 0 Å². The third kappa shape index (κ3) is 2.16. The van der Waals surface area contributed by atoms with Gasteiger partial charge >= 0.3 is 0 Å². The van der Waals surface area contributed by atoms with Crippen molar-refractivity contribution in [1.82, 2.24) is 0 Å². The van der Waals surface area contributed by atoms with Crippen LogP contribution in [0.1, 0.15) is 39.0 Å². The molecule has 0 amide bonds. The second-order valence-electron chi connectivity index (χ2n) is 3.96. The number of Topliss-reactive ketones (excluding diaryl/α,β-unsaturated/α-hetero) is 1. The average molecular weight is 212 g/mol. The lowest BCUT2D eigenvalue weighted by atomic mass is 9.71. The van der Waals surface area contributed by atoms with Crippen molar-refractivity contribution in [3.63, 3.8) is 0 Å². The Morgan fingerprint density at radius 2 is 2.43 bits per heavy atom. The third-order valence-electron chi connectivity index (χ3n) is 2.77. The smallest absolute Gasteiger partial charge is 0.153 e. The van der Waals surface area contributed by atoms with Crippen molar-refractivity contribution in [2.45, 2.75) is 39.0 Å². The quantitative estimate of drug-likeness (QED) is 0.704. The summed E-state index contributed by atoms with van der Waals surface area (Å²) in [6.45, 7) is 1.86. The van der Waals surface area contributed by atoms with Gasteiger partial charge in [-0.05, 0) is 26.2 Å². The van der Waals surface area contributed by atoms with E-state index in [4.69, 9.17) is 16.9 Å². The molecule has 1 saturated carbocycles. The van der Waals surface area contributed by atoms with Crippen LogP contribution in [0.15, 0.2) is 11.1 Å². The van der Waals surface area contributed by atoms with Crippen LogP contribution in [0, 0.1) is 16.7 Å². The summed E-state index contributed by atoms with van der Waals surface area (Å²) in [6.07, 6.45) is 3.61. The number of nitriles is 1. The Kier molecular flexibility index (Phi) is 3.71. The number of nitrogens with zero attached hydrogens (tertiary/aromatic N) is 1. The summed E-state index contributed by atoms with van der Waals surface area (Å²) in [6, 6.07) is 2.18. The van der Waals surface area contributed by atoms with Gasteiger partial charge in [0.1, 0.15) is 5.41 Å². The first kappa shape index (κ1) is 11.3. The molecule has 1 aliphatic rings. The van der Waals surface area contributed by atoms with Gasteiger partial charge in [-0.3, -0.25) is 4.79 Å². The van der Waals surface area contributed by atoms with E-state index in [1.807, 2.05) is 6.92 Å². The van der Waals surface area contributed by atoms with E-state index in [1.165, 1.54) is 5.54 Å². The van der Waals surface area contributed by atoms with Crippen molar-refractivity contribution in [1.29, 1.82) is 5.26 Å². The van der Waals surface area contributed by atoms with Crippen LogP contribution >= 0.6 is 11.6 Å². The van der Waals surface area contributed by atoms with Crippen LogP contribution in [0.25, 0.3) is 0 Å². The molecule has 0 aromatic carbocycles. The monoisotopic (exact) mass is 211 g/mol. The zero-order chi connectivity index (χ0) is 10.6. The van der Waals surface area contributed by atoms with Gasteiger partial charge in [-0.2, -0.15) is 5.26 Å². The summed E-state index contributed by atoms with van der Waals surface area (Å²) < 4.78 is 0. The summed E-state index contributed by atoms with van der Waals surface area (Å²) in [4.78, 5) is 11.7. The van der Waals surface area contributed by atoms with E-state index >= 15 is 0 Å². The van der Waals surface area contributed by atoms with Gasteiger partial charge in [0.05, 0.1) is 6.07 Å². The lowest BCUT2D eigenvalue weighted by Gasteiger charge is -2.29. The predicted molar refractivity (Wildman–Crippen MR) is 55.7 cm³/mol. The van der Waals surface area contributed by atoms with Crippen LogP contribution < -0.4 is 0 Å². The number of hydrogen-bond acceptors (Lipinski definition) is 2. The summed E-state index contributed by atoms with van der Waals surface area (Å²) in [5.41, 5.74) is 1.58. The first-order valence-corrected chi connectivity index (χ1v) is 5.29. The second-order valence-corrected chi connectivity index (χ2v) is 4.17. The van der Waals surface area contributed by atoms with Crippen LogP contribution in [0.3, 0.4) is 0 Å². The van der Waals surface area contributed by atoms with E-state index < -0.39 is 5.41 Å². The van der Waals surface area contributed by atoms with Crippen LogP contribution in [-0.2, 0) is 4.79 Å². The molecule has 0 spiro atoms. The molecule has 3 heteroatoms. The fourth-order valence-corrected chi connectivity index (χ4v) is 2.03. The fraction of sp³-hybridized carbons (Fsp3) is 0.636. The summed E-state index contributed by atoms with van der Waals surface area (Å²) in [7, 11) is 0. The van der Waals surface area contributed by atoms with Gasteiger partial charge in [-0.15, -0.1) is 0 Å². The van der Waals surface area contributed by atoms with E-state index in [1.54, 1.807) is 0 Å². The predicted octanol–water partition coefficient (Wildman–Crippen LogP) is 3.17. The minimum absolute atomic E-state index is 0.0871. The van der Waals surface area contributed by atoms with E-state index in [0.29, 0.717) is 19.3 Å². The Bertz CT molecular complexity index is 303. The molecule has 0 saturated heterocycles. The number of carbonyl (C=O) groups is 1. The Morgan fingerprint density at radius 3 is 2.93 bits per heavy atom. The minimum Gasteiger partial charge on any atom is -0.298 e. The normalized spacial score (nSPS) is 28.6. The highest BCUT2D eigenvalue weighted by molar-refractivity contribution is 6.25. The molecule has 2 nitrogen and oxygen atoms in total. The van der Waals surface area contributed by atoms with Gasteiger partial charge in [-0.25, -0.2) is 0 Å². The molecule has 76 valence electrons. The van der Waals surface area contributed by atoms with Crippen LogP contribution in [0.2, 0.25) is 0 Å². The largest absolute Gasteiger partial charge is 0.298 e. The molecule has 0 bridgehead atoms. The Morgan fingerprint density at radius 1 is 1.71 bits per heavy atom. The van der Waals surface area contributed by atoms with Crippen molar-refractivity contribution in [3.8, 4) is 6.07 Å². The fourth-order valence-electron chi connectivity index (χ4n) is 1.95. The zero-order valence-corrected chi connectivity index (χ0v) is 9.10. The lowest BCUT2D eigenvalue weighted by molar-refractivity contribution is -0.128. The summed E-state index contributed by atoms with van der Waals surface area (Å²) in [5.74, 6) is 0.0871. The molecule has 0 aliphatic heterocycles. The van der Waals surface area contributed by atoms with Gasteiger partial charge in [0.25, 0.3) is 0 Å². The average Bonchev–Trinajstić information content (AvgIpc) is 2.21. The zero-order valence-electron chi connectivity index (χ0n) is 8.35. The molecular weight excluding hydrogens is 198 g/mol. The molecule has 0 N–H and O–H groups in total. The van der Waals surface area contributed by atoms with E-state index in [9.17, 15) is 4.79 Å². The molecule has 1 unspecified atom stereocenters. The van der Waals surface area contributed by atoms with Crippen molar-refractivity contribution >= 4 is 17.4 Å². The summed E-state index contributed by atoms with van der Waals surface area (Å²) >= 11 is 5.56. The van der Waals surface area contributed by atoms with E-state index in [2.05, 4.69) is 6.07 Å². The Labute approximate surface area is 89.6 Å². The maximum absolute atomic E-state index is 11.7. The number of halogens is 1. The van der Waals surface area contributed by atoms with Gasteiger partial charge in [0.2, 0.25) is 0 Å². The molecule has 1 fully saturated rings. The van der Waals surface area contributed by atoms with Crippen LogP contribution in [0.5, 0.6) is 0 Å². The number of allylic oxidation sites excluding steroid dienone is 1. The number of rotatable bonds is 2. The SMILES string of the molecule is C/C(=C/Cl)CC1(C#N)CCCCC1=O. The molecule has 1 rings (SSSR count). The first-order valence-electron chi connectivity index (χ1n) is 4.85. The molecule has 14 heavy (non-hydrogen) atoms. The van der Waals surface area contributed by atoms with Crippen LogP contribution in [-0.4, -0.2) is 5.78 Å². The highest BCUT2D eigenvalue weighted by Crippen LogP contribution is 2.38. The van der Waals surface area contributed by atoms with Gasteiger partial charge in [-0.1, -0.05) is 23.6 Å². The maximum Gasteiger partial charge on any atom is 0.153 e. The van der Waals surface area contributed by atoms with Crippen molar-refractivity contribution < 1.29 is 4.79 Å². The van der Waals surface area contributed by atoms with Gasteiger partial charge in [0.15, 0.2) is 5.78 Å². The third-order valence-corrected chi connectivity index (χ3v) is 3.14. The summed E-state index contributed by atoms with van der Waals surface area (Å²) in [5, 5.41) is 9.12. The van der Waals surface area contributed by atoms with Crippen molar-refractivity contribution in [2.75, 3.05) is 0 Å².